The van der Waals surface area contributed by atoms with Crippen LogP contribution in [-0.4, -0.2) is 72.1 Å². The van der Waals surface area contributed by atoms with E-state index in [2.05, 4.69) is 9.97 Å². The fraction of sp³-hybridized carbons (Fsp3) is 0.294. The summed E-state index contributed by atoms with van der Waals surface area (Å²) in [6.07, 6.45) is 3.31. The van der Waals surface area contributed by atoms with Gasteiger partial charge >= 0.3 is 0 Å². The Morgan fingerprint density at radius 1 is 1.00 bits per heavy atom. The van der Waals surface area contributed by atoms with Crippen molar-refractivity contribution in [3.63, 3.8) is 0 Å². The van der Waals surface area contributed by atoms with Crippen molar-refractivity contribution in [2.45, 2.75) is 4.90 Å². The number of hydrogen-bond acceptors (Lipinski definition) is 7. The summed E-state index contributed by atoms with van der Waals surface area (Å²) in [6.45, 7) is 1.41. The van der Waals surface area contributed by atoms with Gasteiger partial charge in [-0.25, -0.2) is 22.7 Å². The number of benzene rings is 1. The van der Waals surface area contributed by atoms with Crippen molar-refractivity contribution in [3.8, 4) is 0 Å². The third-order valence-corrected chi connectivity index (χ3v) is 6.45. The maximum atomic E-state index is 12.6. The lowest BCUT2D eigenvalue weighted by molar-refractivity contribution is -0.131. The number of rotatable bonds is 3. The van der Waals surface area contributed by atoms with Gasteiger partial charge in [-0.1, -0.05) is 12.1 Å². The first kappa shape index (κ1) is 17.4. The van der Waals surface area contributed by atoms with Gasteiger partial charge < -0.3 is 9.80 Å². The molecule has 0 spiro atoms. The molecule has 3 heterocycles. The van der Waals surface area contributed by atoms with Gasteiger partial charge in [-0.2, -0.15) is 0 Å². The number of sulfonamides is 1. The van der Waals surface area contributed by atoms with Crippen LogP contribution in [0.2, 0.25) is 0 Å². The number of carbonyl (C=O) groups excluding carboxylic acids is 2. The van der Waals surface area contributed by atoms with Crippen LogP contribution in [-0.2, 0) is 14.8 Å². The Balaban J connectivity index is 1.43. The molecule has 0 N–H and O–H groups in total. The van der Waals surface area contributed by atoms with Gasteiger partial charge in [-0.05, 0) is 18.2 Å². The molecule has 2 aliphatic heterocycles. The number of nitrogens with zero attached hydrogens (tertiary/aromatic N) is 5. The van der Waals surface area contributed by atoms with Crippen LogP contribution >= 0.6 is 0 Å². The van der Waals surface area contributed by atoms with Gasteiger partial charge in [0, 0.05) is 38.6 Å². The molecule has 0 atom stereocenters. The number of aromatic nitrogens is 2. The van der Waals surface area contributed by atoms with Crippen LogP contribution in [0, 0.1) is 0 Å². The van der Waals surface area contributed by atoms with E-state index in [9.17, 15) is 18.0 Å². The highest BCUT2D eigenvalue weighted by Crippen LogP contribution is 2.29. The summed E-state index contributed by atoms with van der Waals surface area (Å²) in [7, 11) is -3.98. The van der Waals surface area contributed by atoms with Gasteiger partial charge in [-0.15, -0.1) is 0 Å². The first-order valence-electron chi connectivity index (χ1n) is 8.44. The summed E-state index contributed by atoms with van der Waals surface area (Å²) >= 11 is 0. The van der Waals surface area contributed by atoms with Crippen molar-refractivity contribution >= 4 is 27.8 Å². The maximum Gasteiger partial charge on any atom is 0.269 e. The van der Waals surface area contributed by atoms with Crippen molar-refractivity contribution in [2.24, 2.45) is 0 Å². The van der Waals surface area contributed by atoms with E-state index in [0.717, 1.165) is 0 Å². The Bertz CT molecular complexity index is 987. The normalized spacial score (nSPS) is 18.5. The van der Waals surface area contributed by atoms with Gasteiger partial charge in [0.25, 0.3) is 15.9 Å². The lowest BCUT2D eigenvalue weighted by Crippen LogP contribution is -2.52. The van der Waals surface area contributed by atoms with Crippen LogP contribution in [0.5, 0.6) is 0 Å². The first-order valence-corrected chi connectivity index (χ1v) is 9.88. The molecule has 0 radical (unpaired) electrons. The lowest BCUT2D eigenvalue weighted by atomic mass is 10.2. The van der Waals surface area contributed by atoms with Crippen LogP contribution in [0.4, 0.5) is 5.95 Å². The second-order valence-electron chi connectivity index (χ2n) is 6.23. The summed E-state index contributed by atoms with van der Waals surface area (Å²) in [5, 5.41) is 0. The highest BCUT2D eigenvalue weighted by atomic mass is 32.2. The van der Waals surface area contributed by atoms with Crippen molar-refractivity contribution in [2.75, 3.05) is 37.6 Å². The Hall–Kier alpha value is -3.01. The minimum absolute atomic E-state index is 0.0474. The molecule has 9 nitrogen and oxygen atoms in total. The lowest BCUT2D eigenvalue weighted by Gasteiger charge is -2.35. The van der Waals surface area contributed by atoms with Gasteiger partial charge in [-0.3, -0.25) is 9.59 Å². The molecule has 2 amide bonds. The summed E-state index contributed by atoms with van der Waals surface area (Å²) in [5.74, 6) is -0.457. The molecule has 1 aromatic carbocycles. The zero-order valence-electron chi connectivity index (χ0n) is 14.4. The molecule has 2 aromatic rings. The summed E-state index contributed by atoms with van der Waals surface area (Å²) in [6, 6.07) is 7.72. The number of piperazine rings is 1. The average Bonchev–Trinajstić information content (AvgIpc) is 2.90. The number of carbonyl (C=O) groups is 2. The van der Waals surface area contributed by atoms with Crippen molar-refractivity contribution in [1.29, 1.82) is 0 Å². The van der Waals surface area contributed by atoms with E-state index in [1.807, 2.05) is 4.90 Å². The summed E-state index contributed by atoms with van der Waals surface area (Å²) < 4.78 is 25.8. The Kier molecular flexibility index (Phi) is 4.27. The molecule has 1 aromatic heterocycles. The Morgan fingerprint density at radius 2 is 1.67 bits per heavy atom. The summed E-state index contributed by atoms with van der Waals surface area (Å²) in [5.41, 5.74) is 0.108. The predicted octanol–water partition coefficient (Wildman–Crippen LogP) is -0.0301. The monoisotopic (exact) mass is 387 g/mol. The van der Waals surface area contributed by atoms with E-state index < -0.39 is 28.4 Å². The number of amides is 2. The Labute approximate surface area is 156 Å². The number of hydrogen-bond donors (Lipinski definition) is 0. The Morgan fingerprint density at radius 3 is 2.33 bits per heavy atom. The predicted molar refractivity (Wildman–Crippen MR) is 95.5 cm³/mol. The average molecular weight is 387 g/mol. The van der Waals surface area contributed by atoms with Crippen LogP contribution in [0.1, 0.15) is 10.4 Å². The van der Waals surface area contributed by atoms with Gasteiger partial charge in [0.1, 0.15) is 11.4 Å². The van der Waals surface area contributed by atoms with E-state index in [1.54, 1.807) is 35.5 Å². The van der Waals surface area contributed by atoms with Crippen LogP contribution in [0.25, 0.3) is 0 Å². The summed E-state index contributed by atoms with van der Waals surface area (Å²) in [4.78, 5) is 36.9. The largest absolute Gasteiger partial charge is 0.338 e. The zero-order valence-corrected chi connectivity index (χ0v) is 15.2. The number of anilines is 1. The topological polar surface area (TPSA) is 104 Å². The van der Waals surface area contributed by atoms with E-state index in [-0.39, 0.29) is 10.5 Å². The third kappa shape index (κ3) is 3.01. The molecular formula is C17H17N5O4S. The third-order valence-electron chi connectivity index (χ3n) is 4.66. The van der Waals surface area contributed by atoms with E-state index >= 15 is 0 Å². The highest BCUT2D eigenvalue weighted by Gasteiger charge is 2.42. The van der Waals surface area contributed by atoms with Gasteiger partial charge in [0.2, 0.25) is 11.9 Å². The van der Waals surface area contributed by atoms with E-state index in [0.29, 0.717) is 36.4 Å². The quantitative estimate of drug-likeness (QED) is 0.728. The second kappa shape index (κ2) is 6.62. The molecule has 0 aliphatic carbocycles. The minimum atomic E-state index is -3.98. The second-order valence-corrected chi connectivity index (χ2v) is 8.06. The van der Waals surface area contributed by atoms with E-state index in [1.165, 1.54) is 12.1 Å². The van der Waals surface area contributed by atoms with Crippen molar-refractivity contribution < 1.29 is 18.0 Å². The minimum Gasteiger partial charge on any atom is -0.338 e. The van der Waals surface area contributed by atoms with Crippen LogP contribution < -0.4 is 4.90 Å². The smallest absolute Gasteiger partial charge is 0.269 e. The van der Waals surface area contributed by atoms with Gasteiger partial charge in [0.15, 0.2) is 0 Å². The molecule has 140 valence electrons. The molecule has 0 unspecified atom stereocenters. The highest BCUT2D eigenvalue weighted by molar-refractivity contribution is 7.90. The van der Waals surface area contributed by atoms with Crippen molar-refractivity contribution in [3.05, 3.63) is 48.3 Å². The molecule has 27 heavy (non-hydrogen) atoms. The zero-order chi connectivity index (χ0) is 19.0. The fourth-order valence-electron chi connectivity index (χ4n) is 3.22. The molecule has 1 saturated heterocycles. The number of fused-ring (bicyclic) bond motifs is 1. The molecular weight excluding hydrogens is 370 g/mol. The van der Waals surface area contributed by atoms with Crippen molar-refractivity contribution in [1.82, 2.24) is 19.2 Å². The van der Waals surface area contributed by atoms with E-state index in [4.69, 9.17) is 0 Å². The van der Waals surface area contributed by atoms with Gasteiger partial charge in [0.05, 0.1) is 5.56 Å². The molecule has 0 saturated carbocycles. The fourth-order valence-corrected chi connectivity index (χ4v) is 4.74. The molecule has 4 rings (SSSR count). The van der Waals surface area contributed by atoms with Crippen LogP contribution in [0.3, 0.4) is 0 Å². The molecule has 0 bridgehead atoms. The SMILES string of the molecule is O=C(CN1C(=O)c2ccccc2S1(=O)=O)N1CCN(c2ncccn2)CC1. The molecule has 10 heteroatoms. The molecule has 2 aliphatic rings. The molecule has 1 fully saturated rings. The maximum absolute atomic E-state index is 12.6. The first-order chi connectivity index (χ1) is 13.0. The standard InChI is InChI=1S/C17H17N5O4S/c23-15(20-8-10-21(11-9-20)17-18-6-3-7-19-17)12-22-16(24)13-4-1-2-5-14(13)27(22,25)26/h1-7H,8-12H2. The van der Waals surface area contributed by atoms with Crippen LogP contribution in [0.15, 0.2) is 47.6 Å².